The lowest BCUT2D eigenvalue weighted by Gasteiger charge is -2.23. The molecule has 0 spiro atoms. The van der Waals surface area contributed by atoms with Gasteiger partial charge in [-0.05, 0) is 43.8 Å². The topological polar surface area (TPSA) is 41.6 Å². The molecule has 0 aromatic heterocycles. The summed E-state index contributed by atoms with van der Waals surface area (Å²) in [5, 5.41) is 3.03. The lowest BCUT2D eigenvalue weighted by molar-refractivity contribution is -0.125. The van der Waals surface area contributed by atoms with Crippen molar-refractivity contribution in [3.8, 4) is 5.75 Å². The number of hydrogen-bond acceptors (Lipinski definition) is 3. The normalized spacial score (nSPS) is 12.0. The van der Waals surface area contributed by atoms with Gasteiger partial charge >= 0.3 is 0 Å². The van der Waals surface area contributed by atoms with Crippen molar-refractivity contribution in [3.05, 3.63) is 65.7 Å². The highest BCUT2D eigenvalue weighted by Gasteiger charge is 2.21. The molecular weight excluding hydrogens is 288 g/mol. The second-order valence-electron chi connectivity index (χ2n) is 5.67. The number of carbonyl (C=O) groups is 1. The van der Waals surface area contributed by atoms with Gasteiger partial charge in [0.2, 0.25) is 5.91 Å². The van der Waals surface area contributed by atoms with Gasteiger partial charge in [-0.15, -0.1) is 0 Å². The van der Waals surface area contributed by atoms with Gasteiger partial charge in [0.1, 0.15) is 11.8 Å². The number of ether oxygens (including phenoxy) is 1. The third-order valence-corrected chi connectivity index (χ3v) is 3.75. The van der Waals surface area contributed by atoms with Crippen LogP contribution in [0.15, 0.2) is 54.6 Å². The molecule has 122 valence electrons. The number of nitrogens with zero attached hydrogens (tertiary/aromatic N) is 1. The minimum Gasteiger partial charge on any atom is -0.497 e. The first-order chi connectivity index (χ1) is 11.1. The molecule has 1 unspecified atom stereocenters. The van der Waals surface area contributed by atoms with E-state index < -0.39 is 0 Å². The van der Waals surface area contributed by atoms with Crippen molar-refractivity contribution < 1.29 is 9.53 Å². The first-order valence-corrected chi connectivity index (χ1v) is 7.74. The third kappa shape index (κ3) is 4.83. The van der Waals surface area contributed by atoms with Crippen LogP contribution in [0.2, 0.25) is 0 Å². The maximum Gasteiger partial charge on any atom is 0.241 e. The van der Waals surface area contributed by atoms with Crippen LogP contribution in [0.1, 0.15) is 17.2 Å². The molecule has 0 fully saturated rings. The summed E-state index contributed by atoms with van der Waals surface area (Å²) in [6.07, 6.45) is 0.796. The Kier molecular flexibility index (Phi) is 6.18. The molecular formula is C19H24N2O2. The fourth-order valence-electron chi connectivity index (χ4n) is 2.54. The number of rotatable bonds is 7. The Morgan fingerprint density at radius 2 is 1.74 bits per heavy atom. The number of carbonyl (C=O) groups excluding carboxylic acids is 1. The van der Waals surface area contributed by atoms with Crippen LogP contribution in [0.5, 0.6) is 5.75 Å². The molecule has 0 aliphatic heterocycles. The number of hydrogen-bond donors (Lipinski definition) is 1. The zero-order valence-electron chi connectivity index (χ0n) is 14.0. The number of nitrogens with one attached hydrogen (secondary N) is 1. The monoisotopic (exact) mass is 312 g/mol. The Bertz CT molecular complexity index is 609. The fraction of sp³-hybridized carbons (Fsp3) is 0.316. The lowest BCUT2D eigenvalue weighted by atomic mass is 10.1. The summed E-state index contributed by atoms with van der Waals surface area (Å²) < 4.78 is 5.14. The highest BCUT2D eigenvalue weighted by atomic mass is 16.5. The van der Waals surface area contributed by atoms with E-state index in [-0.39, 0.29) is 11.9 Å². The van der Waals surface area contributed by atoms with E-state index in [1.165, 1.54) is 5.56 Å². The SMILES string of the molecule is COc1ccc(CCNC(=O)C(c2ccccc2)N(C)C)cc1. The van der Waals surface area contributed by atoms with Gasteiger partial charge in [-0.3, -0.25) is 9.69 Å². The van der Waals surface area contributed by atoms with Crippen molar-refractivity contribution in [1.82, 2.24) is 10.2 Å². The van der Waals surface area contributed by atoms with Crippen LogP contribution in [0.4, 0.5) is 0 Å². The van der Waals surface area contributed by atoms with Gasteiger partial charge in [-0.1, -0.05) is 42.5 Å². The Hall–Kier alpha value is -2.33. The summed E-state index contributed by atoms with van der Waals surface area (Å²) in [5.74, 6) is 0.865. The molecule has 0 aliphatic rings. The van der Waals surface area contributed by atoms with Crippen LogP contribution in [0.25, 0.3) is 0 Å². The second kappa shape index (κ2) is 8.34. The zero-order chi connectivity index (χ0) is 16.7. The van der Waals surface area contributed by atoms with Crippen molar-refractivity contribution in [2.45, 2.75) is 12.5 Å². The molecule has 1 N–H and O–H groups in total. The van der Waals surface area contributed by atoms with Gasteiger partial charge in [0.15, 0.2) is 0 Å². The van der Waals surface area contributed by atoms with Gasteiger partial charge in [0.05, 0.1) is 7.11 Å². The third-order valence-electron chi connectivity index (χ3n) is 3.75. The van der Waals surface area contributed by atoms with Gasteiger partial charge in [0.25, 0.3) is 0 Å². The van der Waals surface area contributed by atoms with Gasteiger partial charge < -0.3 is 10.1 Å². The van der Waals surface area contributed by atoms with Crippen molar-refractivity contribution in [3.63, 3.8) is 0 Å². The maximum atomic E-state index is 12.5. The minimum absolute atomic E-state index is 0.0229. The van der Waals surface area contributed by atoms with E-state index in [0.29, 0.717) is 6.54 Å². The smallest absolute Gasteiger partial charge is 0.241 e. The molecule has 4 nitrogen and oxygen atoms in total. The fourth-order valence-corrected chi connectivity index (χ4v) is 2.54. The predicted molar refractivity (Wildman–Crippen MR) is 92.6 cm³/mol. The van der Waals surface area contributed by atoms with Crippen molar-refractivity contribution in [2.75, 3.05) is 27.7 Å². The van der Waals surface area contributed by atoms with E-state index in [4.69, 9.17) is 4.74 Å². The molecule has 0 aliphatic carbocycles. The molecule has 4 heteroatoms. The molecule has 2 aromatic rings. The van der Waals surface area contributed by atoms with Crippen LogP contribution in [-0.2, 0) is 11.2 Å². The van der Waals surface area contributed by atoms with Crippen LogP contribution >= 0.6 is 0 Å². The van der Waals surface area contributed by atoms with Gasteiger partial charge in [-0.2, -0.15) is 0 Å². The summed E-state index contributed by atoms with van der Waals surface area (Å²) in [5.41, 5.74) is 2.17. The highest BCUT2D eigenvalue weighted by Crippen LogP contribution is 2.18. The van der Waals surface area contributed by atoms with Crippen molar-refractivity contribution in [1.29, 1.82) is 0 Å². The molecule has 1 atom stereocenters. The Morgan fingerprint density at radius 1 is 1.09 bits per heavy atom. The van der Waals surface area contributed by atoms with Crippen LogP contribution < -0.4 is 10.1 Å². The quantitative estimate of drug-likeness (QED) is 0.854. The van der Waals surface area contributed by atoms with E-state index in [1.54, 1.807) is 7.11 Å². The van der Waals surface area contributed by atoms with E-state index in [2.05, 4.69) is 5.32 Å². The molecule has 2 aromatic carbocycles. The predicted octanol–water partition coefficient (Wildman–Crippen LogP) is 2.66. The van der Waals surface area contributed by atoms with Gasteiger partial charge in [-0.25, -0.2) is 0 Å². The number of amides is 1. The number of methoxy groups -OCH3 is 1. The van der Waals surface area contributed by atoms with E-state index in [0.717, 1.165) is 17.7 Å². The van der Waals surface area contributed by atoms with Crippen molar-refractivity contribution >= 4 is 5.91 Å². The van der Waals surface area contributed by atoms with Crippen LogP contribution in [-0.4, -0.2) is 38.6 Å². The van der Waals surface area contributed by atoms with E-state index in [9.17, 15) is 4.79 Å². The lowest BCUT2D eigenvalue weighted by Crippen LogP contribution is -2.37. The molecule has 0 bridgehead atoms. The summed E-state index contributed by atoms with van der Waals surface area (Å²) in [6.45, 7) is 0.613. The average Bonchev–Trinajstić information content (AvgIpc) is 2.56. The highest BCUT2D eigenvalue weighted by molar-refractivity contribution is 5.83. The van der Waals surface area contributed by atoms with Crippen LogP contribution in [0, 0.1) is 0 Å². The summed E-state index contributed by atoms with van der Waals surface area (Å²) >= 11 is 0. The molecule has 1 amide bonds. The summed E-state index contributed by atoms with van der Waals surface area (Å²) in [6, 6.07) is 17.5. The Morgan fingerprint density at radius 3 is 2.30 bits per heavy atom. The average molecular weight is 312 g/mol. The van der Waals surface area contributed by atoms with Gasteiger partial charge in [0, 0.05) is 6.54 Å². The van der Waals surface area contributed by atoms with E-state index in [1.807, 2.05) is 73.6 Å². The number of likely N-dealkylation sites (N-methyl/N-ethyl adjacent to an activating group) is 1. The molecule has 2 rings (SSSR count). The molecule has 0 saturated heterocycles. The second-order valence-corrected chi connectivity index (χ2v) is 5.67. The van der Waals surface area contributed by atoms with E-state index >= 15 is 0 Å². The Balaban J connectivity index is 1.91. The number of benzene rings is 2. The largest absolute Gasteiger partial charge is 0.497 e. The maximum absolute atomic E-state index is 12.5. The molecule has 0 heterocycles. The minimum atomic E-state index is -0.271. The molecule has 0 saturated carbocycles. The zero-order valence-corrected chi connectivity index (χ0v) is 14.0. The standard InChI is InChI=1S/C19H24N2O2/c1-21(2)18(16-7-5-4-6-8-16)19(22)20-14-13-15-9-11-17(23-3)12-10-15/h4-12,18H,13-14H2,1-3H3,(H,20,22). The Labute approximate surface area is 138 Å². The summed E-state index contributed by atoms with van der Waals surface area (Å²) in [7, 11) is 5.49. The van der Waals surface area contributed by atoms with Crippen LogP contribution in [0.3, 0.4) is 0 Å². The first-order valence-electron chi connectivity index (χ1n) is 7.74. The summed E-state index contributed by atoms with van der Waals surface area (Å²) in [4.78, 5) is 14.4. The molecule has 23 heavy (non-hydrogen) atoms. The molecule has 0 radical (unpaired) electrons. The first kappa shape index (κ1) is 17.0. The van der Waals surface area contributed by atoms with Crippen molar-refractivity contribution in [2.24, 2.45) is 0 Å².